The molecule has 3 aliphatic rings. The molecular formula is C14H10Cl3N3O8. The minimum Gasteiger partial charge on any atom is -0.467 e. The van der Waals surface area contributed by atoms with E-state index in [1.54, 1.807) is 0 Å². The number of nitro groups is 2. The van der Waals surface area contributed by atoms with E-state index in [9.17, 15) is 25.4 Å². The summed E-state index contributed by atoms with van der Waals surface area (Å²) in [5.74, 6) is -1.65. The Morgan fingerprint density at radius 1 is 1.18 bits per heavy atom. The summed E-state index contributed by atoms with van der Waals surface area (Å²) in [4.78, 5) is 26.5. The number of nitro benzene ring substituents is 2. The molecule has 0 aliphatic carbocycles. The predicted molar refractivity (Wildman–Crippen MR) is 94.8 cm³/mol. The number of benzene rings is 1. The number of non-ortho nitro benzene ring substituents is 1. The zero-order valence-electron chi connectivity index (χ0n) is 13.6. The van der Waals surface area contributed by atoms with Crippen LogP contribution < -0.4 is 4.74 Å². The van der Waals surface area contributed by atoms with Crippen LogP contribution in [0.25, 0.3) is 0 Å². The number of nitrogens with zero attached hydrogens (tertiary/aromatic N) is 3. The van der Waals surface area contributed by atoms with Crippen LogP contribution in [-0.2, 0) is 9.57 Å². The first-order valence-corrected chi connectivity index (χ1v) is 9.05. The lowest BCUT2D eigenvalue weighted by Crippen LogP contribution is -2.54. The van der Waals surface area contributed by atoms with Crippen molar-refractivity contribution >= 4 is 51.9 Å². The van der Waals surface area contributed by atoms with Gasteiger partial charge in [-0.2, -0.15) is 0 Å². The number of hydrogen-bond acceptors (Lipinski definition) is 8. The van der Waals surface area contributed by atoms with E-state index in [1.807, 2.05) is 0 Å². The second-order valence-electron chi connectivity index (χ2n) is 6.39. The largest absolute Gasteiger partial charge is 0.467 e. The summed E-state index contributed by atoms with van der Waals surface area (Å²) < 4.78 is 8.77. The van der Waals surface area contributed by atoms with Gasteiger partial charge in [0.15, 0.2) is 6.29 Å². The van der Waals surface area contributed by atoms with E-state index in [0.717, 1.165) is 12.1 Å². The van der Waals surface area contributed by atoms with E-state index in [4.69, 9.17) is 49.1 Å². The van der Waals surface area contributed by atoms with Crippen LogP contribution in [-0.4, -0.2) is 43.3 Å². The molecule has 3 heterocycles. The van der Waals surface area contributed by atoms with Crippen LogP contribution in [0.3, 0.4) is 0 Å². The van der Waals surface area contributed by atoms with Crippen molar-refractivity contribution in [3.05, 3.63) is 43.1 Å². The summed E-state index contributed by atoms with van der Waals surface area (Å²) in [5, 5.41) is 35.3. The molecule has 0 bridgehead atoms. The highest BCUT2D eigenvalue weighted by Gasteiger charge is 2.59. The lowest BCUT2D eigenvalue weighted by atomic mass is 9.76. The Kier molecular flexibility index (Phi) is 4.45. The van der Waals surface area contributed by atoms with E-state index in [0.29, 0.717) is 6.42 Å². The summed E-state index contributed by atoms with van der Waals surface area (Å²) in [7, 11) is 0. The maximum absolute atomic E-state index is 12.5. The zero-order chi connectivity index (χ0) is 20.4. The van der Waals surface area contributed by atoms with Crippen LogP contribution in [0, 0.1) is 31.4 Å². The molecular weight excluding hydrogens is 445 g/mol. The van der Waals surface area contributed by atoms with E-state index >= 15 is 0 Å². The van der Waals surface area contributed by atoms with Gasteiger partial charge in [0.1, 0.15) is 0 Å². The lowest BCUT2D eigenvalue weighted by molar-refractivity contribution is -0.774. The molecule has 11 nitrogen and oxygen atoms in total. The van der Waals surface area contributed by atoms with Gasteiger partial charge in [-0.1, -0.05) is 34.8 Å². The molecule has 1 saturated heterocycles. The maximum atomic E-state index is 12.5. The standard InChI is InChI=1S/C14H10Cl3N3O8/c15-14(16,17)12-10-9(6-1-2-26-13(6)28-20(10)25)7-3-5(18(21)22)4-8(19(23)24)11(7)27-12/h3-4,6,9,12-13H,1-2H2/t6-,9-,12-,13+/m0/s1. The fourth-order valence-corrected chi connectivity index (χ4v) is 4.25. The number of fused-ring (bicyclic) bond motifs is 5. The van der Waals surface area contributed by atoms with Crippen LogP contribution >= 0.6 is 34.8 Å². The third kappa shape index (κ3) is 2.89. The molecule has 0 spiro atoms. The van der Waals surface area contributed by atoms with Crippen molar-refractivity contribution in [1.82, 2.24) is 0 Å². The average molecular weight is 455 g/mol. The quantitative estimate of drug-likeness (QED) is 0.287. The molecule has 0 aromatic heterocycles. The average Bonchev–Trinajstić information content (AvgIpc) is 3.06. The van der Waals surface area contributed by atoms with Crippen LogP contribution in [0.15, 0.2) is 12.1 Å². The molecule has 0 unspecified atom stereocenters. The van der Waals surface area contributed by atoms with Crippen molar-refractivity contribution < 1.29 is 29.1 Å². The van der Waals surface area contributed by atoms with Crippen molar-refractivity contribution in [3.8, 4) is 5.75 Å². The molecule has 0 N–H and O–H groups in total. The molecule has 1 aromatic carbocycles. The van der Waals surface area contributed by atoms with Crippen LogP contribution in [0.4, 0.5) is 11.4 Å². The molecule has 14 heteroatoms. The third-order valence-electron chi connectivity index (χ3n) is 4.87. The fourth-order valence-electron chi connectivity index (χ4n) is 3.78. The van der Waals surface area contributed by atoms with E-state index in [-0.39, 0.29) is 28.5 Å². The van der Waals surface area contributed by atoms with E-state index in [2.05, 4.69) is 0 Å². The monoisotopic (exact) mass is 453 g/mol. The van der Waals surface area contributed by atoms with Gasteiger partial charge >= 0.3 is 5.69 Å². The van der Waals surface area contributed by atoms with Crippen LogP contribution in [0.1, 0.15) is 17.9 Å². The highest BCUT2D eigenvalue weighted by molar-refractivity contribution is 6.69. The number of halogens is 3. The minimum atomic E-state index is -2.17. The normalized spacial score (nSPS) is 28.5. The minimum absolute atomic E-state index is 0.0750. The number of rotatable bonds is 2. The van der Waals surface area contributed by atoms with E-state index < -0.39 is 49.2 Å². The number of hydrogen-bond donors (Lipinski definition) is 0. The van der Waals surface area contributed by atoms with Gasteiger partial charge in [0.25, 0.3) is 11.4 Å². The maximum Gasteiger partial charge on any atom is 0.318 e. The van der Waals surface area contributed by atoms with Gasteiger partial charge in [-0.05, 0) is 6.42 Å². The Morgan fingerprint density at radius 2 is 1.89 bits per heavy atom. The zero-order valence-corrected chi connectivity index (χ0v) is 15.9. The first-order chi connectivity index (χ1) is 13.1. The molecule has 1 fully saturated rings. The van der Waals surface area contributed by atoms with Crippen molar-refractivity contribution in [2.24, 2.45) is 5.92 Å². The van der Waals surface area contributed by atoms with Crippen molar-refractivity contribution in [2.75, 3.05) is 6.61 Å². The van der Waals surface area contributed by atoms with Gasteiger partial charge in [0.05, 0.1) is 21.8 Å². The second kappa shape index (κ2) is 6.48. The fraction of sp³-hybridized carbons (Fsp3) is 0.500. The second-order valence-corrected chi connectivity index (χ2v) is 8.76. The number of ether oxygens (including phenoxy) is 2. The van der Waals surface area contributed by atoms with Gasteiger partial charge in [0, 0.05) is 29.1 Å². The topological polar surface area (TPSA) is 140 Å². The SMILES string of the molecule is O=[N+]([O-])c1cc2c(c([N+](=O)[O-])c1)O[C@H](C(Cl)(Cl)Cl)C1=[N+]([O-])O[C@H]3OCC[C@H]3[C@H]12. The Morgan fingerprint density at radius 3 is 2.50 bits per heavy atom. The van der Waals surface area contributed by atoms with Crippen LogP contribution in [0.2, 0.25) is 0 Å². The summed E-state index contributed by atoms with van der Waals surface area (Å²) in [6, 6.07) is 1.88. The van der Waals surface area contributed by atoms with Gasteiger partial charge < -0.3 is 14.3 Å². The first-order valence-electron chi connectivity index (χ1n) is 7.92. The Balaban J connectivity index is 2.01. The van der Waals surface area contributed by atoms with Gasteiger partial charge in [-0.15, -0.1) is 0 Å². The van der Waals surface area contributed by atoms with Crippen molar-refractivity contribution in [1.29, 1.82) is 0 Å². The third-order valence-corrected chi connectivity index (χ3v) is 5.46. The molecule has 3 aliphatic heterocycles. The molecule has 0 amide bonds. The molecule has 4 atom stereocenters. The van der Waals surface area contributed by atoms with Crippen molar-refractivity contribution in [2.45, 2.75) is 28.5 Å². The lowest BCUT2D eigenvalue weighted by Gasteiger charge is -2.40. The summed E-state index contributed by atoms with van der Waals surface area (Å²) in [6.45, 7) is 0.262. The molecule has 1 aromatic rings. The van der Waals surface area contributed by atoms with Gasteiger partial charge in [0.2, 0.25) is 15.6 Å². The Bertz CT molecular complexity index is 918. The Labute approximate surface area is 171 Å². The highest BCUT2D eigenvalue weighted by Crippen LogP contribution is 2.53. The smallest absolute Gasteiger partial charge is 0.318 e. The summed E-state index contributed by atoms with van der Waals surface area (Å²) >= 11 is 17.9. The number of alkyl halides is 3. The molecule has 0 radical (unpaired) electrons. The van der Waals surface area contributed by atoms with Crippen molar-refractivity contribution in [3.63, 3.8) is 0 Å². The summed E-state index contributed by atoms with van der Waals surface area (Å²) in [6.07, 6.45) is -2.02. The molecule has 0 saturated carbocycles. The Hall–Kier alpha value is -2.08. The molecule has 4 rings (SSSR count). The molecule has 150 valence electrons. The summed E-state index contributed by atoms with van der Waals surface area (Å²) in [5.41, 5.74) is -1.26. The molecule has 28 heavy (non-hydrogen) atoms. The van der Waals surface area contributed by atoms with Gasteiger partial charge in [-0.3, -0.25) is 25.4 Å². The van der Waals surface area contributed by atoms with Crippen LogP contribution in [0.5, 0.6) is 5.75 Å². The van der Waals surface area contributed by atoms with E-state index in [1.165, 1.54) is 0 Å². The first kappa shape index (κ1) is 19.2. The predicted octanol–water partition coefficient (Wildman–Crippen LogP) is 2.98. The van der Waals surface area contributed by atoms with Gasteiger partial charge in [-0.25, -0.2) is 0 Å². The highest BCUT2D eigenvalue weighted by atomic mass is 35.6.